The van der Waals surface area contributed by atoms with Gasteiger partial charge in [0.05, 0.1) is 24.5 Å². The van der Waals surface area contributed by atoms with Gasteiger partial charge in [0.25, 0.3) is 5.56 Å². The van der Waals surface area contributed by atoms with E-state index in [1.807, 2.05) is 22.4 Å². The van der Waals surface area contributed by atoms with Gasteiger partial charge in [-0.25, -0.2) is 4.98 Å². The average molecular weight is 371 g/mol. The van der Waals surface area contributed by atoms with Crippen LogP contribution in [0, 0.1) is 0 Å². The second kappa shape index (κ2) is 7.45. The molecule has 0 saturated heterocycles. The minimum atomic E-state index is -0.0810. The molecule has 0 spiro atoms. The fraction of sp³-hybridized carbons (Fsp3) is 0.421. The number of hydrogen-bond acceptors (Lipinski definition) is 5. The summed E-state index contributed by atoms with van der Waals surface area (Å²) in [5.41, 5.74) is -0.0810. The van der Waals surface area contributed by atoms with Crippen LogP contribution in [0.5, 0.6) is 0 Å². The van der Waals surface area contributed by atoms with E-state index in [1.165, 1.54) is 15.9 Å². The van der Waals surface area contributed by atoms with Crippen molar-refractivity contribution in [1.82, 2.24) is 14.5 Å². The van der Waals surface area contributed by atoms with E-state index < -0.39 is 0 Å². The van der Waals surface area contributed by atoms with E-state index in [1.54, 1.807) is 18.7 Å². The largest absolute Gasteiger partial charge is 0.467 e. The molecule has 3 heterocycles. The van der Waals surface area contributed by atoms with Crippen molar-refractivity contribution in [1.29, 1.82) is 0 Å². The summed E-state index contributed by atoms with van der Waals surface area (Å²) in [5, 5.41) is 2.48. The van der Waals surface area contributed by atoms with E-state index in [0.717, 1.165) is 36.3 Å². The molecule has 0 bridgehead atoms. The number of carbonyl (C=O) groups excluding carboxylic acids is 1. The molecule has 0 atom stereocenters. The number of hydrogen-bond donors (Lipinski definition) is 0. The number of furan rings is 1. The first-order valence-electron chi connectivity index (χ1n) is 8.97. The van der Waals surface area contributed by atoms with Gasteiger partial charge in [0, 0.05) is 19.0 Å². The molecular formula is C19H21N3O3S. The lowest BCUT2D eigenvalue weighted by atomic mass is 10.2. The van der Waals surface area contributed by atoms with Crippen molar-refractivity contribution in [2.45, 2.75) is 51.2 Å². The van der Waals surface area contributed by atoms with E-state index in [2.05, 4.69) is 4.98 Å². The van der Waals surface area contributed by atoms with Crippen LogP contribution in [-0.4, -0.2) is 26.4 Å². The molecule has 1 aliphatic carbocycles. The molecule has 136 valence electrons. The van der Waals surface area contributed by atoms with Crippen LogP contribution in [0.2, 0.25) is 0 Å². The first kappa shape index (κ1) is 17.0. The van der Waals surface area contributed by atoms with Crippen LogP contribution in [0.3, 0.4) is 0 Å². The number of amides is 1. The van der Waals surface area contributed by atoms with Gasteiger partial charge in [0.1, 0.15) is 10.6 Å². The average Bonchev–Trinajstić information content (AvgIpc) is 3.41. The summed E-state index contributed by atoms with van der Waals surface area (Å²) in [6, 6.07) is 5.79. The molecule has 0 aromatic carbocycles. The molecule has 0 radical (unpaired) electrons. The van der Waals surface area contributed by atoms with E-state index in [9.17, 15) is 9.59 Å². The number of carbonyl (C=O) groups is 1. The van der Waals surface area contributed by atoms with Gasteiger partial charge >= 0.3 is 0 Å². The van der Waals surface area contributed by atoms with E-state index in [-0.39, 0.29) is 23.9 Å². The molecule has 3 aromatic rings. The van der Waals surface area contributed by atoms with Crippen LogP contribution in [-0.2, 0) is 17.9 Å². The van der Waals surface area contributed by atoms with Gasteiger partial charge in [-0.1, -0.05) is 12.8 Å². The zero-order valence-electron chi connectivity index (χ0n) is 14.5. The Morgan fingerprint density at radius 3 is 2.96 bits per heavy atom. The SMILES string of the molecule is O=C(CCn1cnc2sccc2c1=O)N(Cc1ccco1)C1CCCC1. The lowest BCUT2D eigenvalue weighted by molar-refractivity contribution is -0.134. The number of nitrogens with zero attached hydrogens (tertiary/aromatic N) is 3. The fourth-order valence-electron chi connectivity index (χ4n) is 3.62. The molecule has 26 heavy (non-hydrogen) atoms. The second-order valence-electron chi connectivity index (χ2n) is 6.67. The monoisotopic (exact) mass is 371 g/mol. The molecule has 7 heteroatoms. The summed E-state index contributed by atoms with van der Waals surface area (Å²) in [5.74, 6) is 0.856. The lowest BCUT2D eigenvalue weighted by Crippen LogP contribution is -2.39. The number of thiophene rings is 1. The smallest absolute Gasteiger partial charge is 0.262 e. The quantitative estimate of drug-likeness (QED) is 0.666. The Kier molecular flexibility index (Phi) is 4.88. The Bertz CT molecular complexity index is 939. The van der Waals surface area contributed by atoms with Crippen molar-refractivity contribution >= 4 is 27.5 Å². The maximum Gasteiger partial charge on any atom is 0.262 e. The van der Waals surface area contributed by atoms with Crippen LogP contribution >= 0.6 is 11.3 Å². The zero-order valence-corrected chi connectivity index (χ0v) is 15.3. The number of aryl methyl sites for hydroxylation is 1. The zero-order chi connectivity index (χ0) is 17.9. The predicted molar refractivity (Wildman–Crippen MR) is 100 cm³/mol. The van der Waals surface area contributed by atoms with Crippen molar-refractivity contribution in [3.05, 3.63) is 52.3 Å². The standard InChI is InChI=1S/C19H21N3O3S/c23-17(7-9-21-13-20-18-16(19(21)24)8-11-26-18)22(14-4-1-2-5-14)12-15-6-3-10-25-15/h3,6,8,10-11,13-14H,1-2,4-5,7,9,12H2. The van der Waals surface area contributed by atoms with E-state index in [0.29, 0.717) is 18.5 Å². The van der Waals surface area contributed by atoms with E-state index in [4.69, 9.17) is 4.42 Å². The molecule has 1 aliphatic rings. The maximum absolute atomic E-state index is 12.9. The van der Waals surface area contributed by atoms with Crippen LogP contribution in [0.1, 0.15) is 37.9 Å². The van der Waals surface area contributed by atoms with Gasteiger partial charge in [0.2, 0.25) is 5.91 Å². The minimum Gasteiger partial charge on any atom is -0.467 e. The Hall–Kier alpha value is -2.41. The number of aromatic nitrogens is 2. The highest BCUT2D eigenvalue weighted by atomic mass is 32.1. The predicted octanol–water partition coefficient (Wildman–Crippen LogP) is 3.41. The van der Waals surface area contributed by atoms with Crippen molar-refractivity contribution < 1.29 is 9.21 Å². The van der Waals surface area contributed by atoms with Gasteiger partial charge in [-0.05, 0) is 36.4 Å². The molecule has 4 rings (SSSR count). The second-order valence-corrected chi connectivity index (χ2v) is 7.57. The molecule has 3 aromatic heterocycles. The third kappa shape index (κ3) is 3.44. The molecular weight excluding hydrogens is 350 g/mol. The molecule has 0 unspecified atom stereocenters. The molecule has 1 amide bonds. The van der Waals surface area contributed by atoms with Gasteiger partial charge in [0.15, 0.2) is 0 Å². The van der Waals surface area contributed by atoms with Crippen molar-refractivity contribution in [2.75, 3.05) is 0 Å². The normalized spacial score (nSPS) is 14.9. The van der Waals surface area contributed by atoms with Gasteiger partial charge in [-0.15, -0.1) is 11.3 Å². The Morgan fingerprint density at radius 2 is 2.19 bits per heavy atom. The summed E-state index contributed by atoms with van der Waals surface area (Å²) >= 11 is 1.45. The maximum atomic E-state index is 12.9. The highest BCUT2D eigenvalue weighted by molar-refractivity contribution is 7.16. The minimum absolute atomic E-state index is 0.0608. The van der Waals surface area contributed by atoms with Gasteiger partial charge < -0.3 is 9.32 Å². The Labute approximate surface area is 155 Å². The Morgan fingerprint density at radius 1 is 1.35 bits per heavy atom. The first-order chi connectivity index (χ1) is 12.7. The third-order valence-electron chi connectivity index (χ3n) is 5.01. The van der Waals surface area contributed by atoms with E-state index >= 15 is 0 Å². The van der Waals surface area contributed by atoms with Gasteiger partial charge in [-0.2, -0.15) is 0 Å². The molecule has 1 saturated carbocycles. The van der Waals surface area contributed by atoms with Crippen LogP contribution in [0.15, 0.2) is 45.4 Å². The topological polar surface area (TPSA) is 68.3 Å². The first-order valence-corrected chi connectivity index (χ1v) is 9.85. The van der Waals surface area contributed by atoms with Gasteiger partial charge in [-0.3, -0.25) is 14.2 Å². The van der Waals surface area contributed by atoms with Crippen LogP contribution in [0.25, 0.3) is 10.2 Å². The molecule has 0 aliphatic heterocycles. The third-order valence-corrected chi connectivity index (χ3v) is 5.83. The summed E-state index contributed by atoms with van der Waals surface area (Å²) in [4.78, 5) is 32.3. The highest BCUT2D eigenvalue weighted by Gasteiger charge is 2.27. The molecule has 6 nitrogen and oxygen atoms in total. The summed E-state index contributed by atoms with van der Waals surface area (Å²) in [6.45, 7) is 0.838. The lowest BCUT2D eigenvalue weighted by Gasteiger charge is -2.28. The van der Waals surface area contributed by atoms with Crippen molar-refractivity contribution in [3.63, 3.8) is 0 Å². The van der Waals surface area contributed by atoms with Crippen molar-refractivity contribution in [2.24, 2.45) is 0 Å². The molecule has 0 N–H and O–H groups in total. The summed E-state index contributed by atoms with van der Waals surface area (Å²) in [6.07, 6.45) is 7.85. The van der Waals surface area contributed by atoms with Crippen LogP contribution in [0.4, 0.5) is 0 Å². The molecule has 1 fully saturated rings. The fourth-order valence-corrected chi connectivity index (χ4v) is 4.34. The Balaban J connectivity index is 1.48. The van der Waals surface area contributed by atoms with Crippen LogP contribution < -0.4 is 5.56 Å². The number of fused-ring (bicyclic) bond motifs is 1. The summed E-state index contributed by atoms with van der Waals surface area (Å²) in [7, 11) is 0. The highest BCUT2D eigenvalue weighted by Crippen LogP contribution is 2.26. The number of rotatable bonds is 6. The summed E-state index contributed by atoms with van der Waals surface area (Å²) < 4.78 is 6.97. The van der Waals surface area contributed by atoms with Crippen molar-refractivity contribution in [3.8, 4) is 0 Å².